The largest absolute Gasteiger partial charge is 0.378 e. The van der Waals surface area contributed by atoms with Crippen LogP contribution in [0.15, 0.2) is 66.7 Å². The first-order valence-corrected chi connectivity index (χ1v) is 9.03. The lowest BCUT2D eigenvalue weighted by atomic mass is 10.2. The summed E-state index contributed by atoms with van der Waals surface area (Å²) in [5.41, 5.74) is 3.30. The molecule has 0 radical (unpaired) electrons. The Balaban J connectivity index is 1.64. The van der Waals surface area contributed by atoms with Crippen LogP contribution in [-0.2, 0) is 0 Å². The lowest BCUT2D eigenvalue weighted by Gasteiger charge is -2.13. The summed E-state index contributed by atoms with van der Waals surface area (Å²) in [6.45, 7) is 1.89. The number of hydrogen-bond acceptors (Lipinski definition) is 4. The molecule has 2 aromatic carbocycles. The molecule has 0 spiro atoms. The Morgan fingerprint density at radius 3 is 2.50 bits per heavy atom. The number of carbonyl (C=O) groups excluding carboxylic acids is 1. The van der Waals surface area contributed by atoms with Crippen LogP contribution >= 0.6 is 0 Å². The summed E-state index contributed by atoms with van der Waals surface area (Å²) in [7, 11) is 3.93. The first-order valence-electron chi connectivity index (χ1n) is 9.03. The number of hydrogen-bond donors (Lipinski definition) is 1. The van der Waals surface area contributed by atoms with E-state index < -0.39 is 0 Å². The summed E-state index contributed by atoms with van der Waals surface area (Å²) < 4.78 is 1.66. The molecular weight excluding hydrogens is 350 g/mol. The minimum Gasteiger partial charge on any atom is -0.378 e. The maximum Gasteiger partial charge on any atom is 0.256 e. The van der Waals surface area contributed by atoms with Crippen molar-refractivity contribution in [2.24, 2.45) is 0 Å². The van der Waals surface area contributed by atoms with Gasteiger partial charge in [-0.25, -0.2) is 4.98 Å². The normalized spacial score (nSPS) is 10.8. The molecular formula is C22H21N5O. The third-order valence-electron chi connectivity index (χ3n) is 4.52. The molecule has 140 valence electrons. The standard InChI is InChI=1S/C22H21N5O/c1-15-14-21(24-22(28)17-8-11-18(12-9-17)26(2)3)27(25-15)20-13-10-16-6-4-5-7-19(16)23-20/h4-14H,1-3H3,(H,24,28). The van der Waals surface area contributed by atoms with E-state index in [9.17, 15) is 4.79 Å². The molecule has 2 heterocycles. The molecule has 1 amide bonds. The summed E-state index contributed by atoms with van der Waals surface area (Å²) in [4.78, 5) is 19.4. The van der Waals surface area contributed by atoms with Gasteiger partial charge in [0, 0.05) is 36.8 Å². The van der Waals surface area contributed by atoms with Crippen LogP contribution in [0.3, 0.4) is 0 Å². The van der Waals surface area contributed by atoms with E-state index in [-0.39, 0.29) is 5.91 Å². The van der Waals surface area contributed by atoms with Crippen molar-refractivity contribution in [3.63, 3.8) is 0 Å². The fourth-order valence-corrected chi connectivity index (χ4v) is 3.04. The number of aryl methyl sites for hydroxylation is 1. The van der Waals surface area contributed by atoms with Crippen LogP contribution in [0.2, 0.25) is 0 Å². The van der Waals surface area contributed by atoms with Crippen molar-refractivity contribution >= 4 is 28.3 Å². The third kappa shape index (κ3) is 3.44. The van der Waals surface area contributed by atoms with Gasteiger partial charge in [-0.3, -0.25) is 4.79 Å². The van der Waals surface area contributed by atoms with Crippen molar-refractivity contribution in [3.05, 3.63) is 78.0 Å². The van der Waals surface area contributed by atoms with Gasteiger partial charge >= 0.3 is 0 Å². The molecule has 1 N–H and O–H groups in total. The van der Waals surface area contributed by atoms with Gasteiger partial charge < -0.3 is 10.2 Å². The van der Waals surface area contributed by atoms with Crippen molar-refractivity contribution < 1.29 is 4.79 Å². The number of anilines is 2. The van der Waals surface area contributed by atoms with Gasteiger partial charge in [-0.1, -0.05) is 18.2 Å². The predicted molar refractivity (Wildman–Crippen MR) is 112 cm³/mol. The number of nitrogens with zero attached hydrogens (tertiary/aromatic N) is 4. The number of carbonyl (C=O) groups is 1. The van der Waals surface area contributed by atoms with Gasteiger partial charge in [0.1, 0.15) is 5.82 Å². The van der Waals surface area contributed by atoms with E-state index in [0.29, 0.717) is 17.2 Å². The zero-order chi connectivity index (χ0) is 19.7. The van der Waals surface area contributed by atoms with Crippen LogP contribution in [0.5, 0.6) is 0 Å². The molecule has 0 saturated carbocycles. The highest BCUT2D eigenvalue weighted by Crippen LogP contribution is 2.20. The second-order valence-electron chi connectivity index (χ2n) is 6.84. The minimum atomic E-state index is -0.188. The molecule has 0 atom stereocenters. The van der Waals surface area contributed by atoms with Gasteiger partial charge in [-0.05, 0) is 49.4 Å². The van der Waals surface area contributed by atoms with E-state index in [4.69, 9.17) is 0 Å². The molecule has 0 saturated heterocycles. The topological polar surface area (TPSA) is 63.1 Å². The molecule has 0 aliphatic heterocycles. The highest BCUT2D eigenvalue weighted by Gasteiger charge is 2.14. The van der Waals surface area contributed by atoms with Crippen molar-refractivity contribution in [3.8, 4) is 5.82 Å². The first-order chi connectivity index (χ1) is 13.5. The van der Waals surface area contributed by atoms with E-state index in [1.165, 1.54) is 0 Å². The van der Waals surface area contributed by atoms with Gasteiger partial charge in [0.2, 0.25) is 0 Å². The molecule has 0 bridgehead atoms. The van der Waals surface area contributed by atoms with Crippen LogP contribution in [-0.4, -0.2) is 34.8 Å². The molecule has 0 aliphatic rings. The smallest absolute Gasteiger partial charge is 0.256 e. The Morgan fingerprint density at radius 2 is 1.75 bits per heavy atom. The quantitative estimate of drug-likeness (QED) is 0.588. The fourth-order valence-electron chi connectivity index (χ4n) is 3.04. The highest BCUT2D eigenvalue weighted by molar-refractivity contribution is 6.04. The zero-order valence-corrected chi connectivity index (χ0v) is 16.0. The molecule has 4 rings (SSSR count). The monoisotopic (exact) mass is 371 g/mol. The maximum absolute atomic E-state index is 12.7. The summed E-state index contributed by atoms with van der Waals surface area (Å²) in [6, 6.07) is 21.1. The molecule has 4 aromatic rings. The van der Waals surface area contributed by atoms with Crippen LogP contribution in [0.25, 0.3) is 16.7 Å². The second-order valence-corrected chi connectivity index (χ2v) is 6.84. The van der Waals surface area contributed by atoms with Crippen molar-refractivity contribution in [1.29, 1.82) is 0 Å². The average molecular weight is 371 g/mol. The number of para-hydroxylation sites is 1. The zero-order valence-electron chi connectivity index (χ0n) is 16.0. The number of nitrogens with one attached hydrogen (secondary N) is 1. The van der Waals surface area contributed by atoms with Crippen molar-refractivity contribution in [2.45, 2.75) is 6.92 Å². The van der Waals surface area contributed by atoms with E-state index >= 15 is 0 Å². The van der Waals surface area contributed by atoms with Crippen LogP contribution in [0, 0.1) is 6.92 Å². The van der Waals surface area contributed by atoms with Crippen LogP contribution < -0.4 is 10.2 Å². The Labute approximate surface area is 163 Å². The molecule has 28 heavy (non-hydrogen) atoms. The number of amides is 1. The van der Waals surface area contributed by atoms with Crippen molar-refractivity contribution in [1.82, 2.24) is 14.8 Å². The molecule has 0 aliphatic carbocycles. The first kappa shape index (κ1) is 17.7. The molecule has 0 unspecified atom stereocenters. The third-order valence-corrected chi connectivity index (χ3v) is 4.52. The summed E-state index contributed by atoms with van der Waals surface area (Å²) >= 11 is 0. The van der Waals surface area contributed by atoms with Gasteiger partial charge in [-0.2, -0.15) is 9.78 Å². The van der Waals surface area contributed by atoms with E-state index in [2.05, 4.69) is 15.4 Å². The van der Waals surface area contributed by atoms with E-state index in [0.717, 1.165) is 22.3 Å². The Kier molecular flexibility index (Phi) is 4.53. The van der Waals surface area contributed by atoms with Gasteiger partial charge in [-0.15, -0.1) is 0 Å². The SMILES string of the molecule is Cc1cc(NC(=O)c2ccc(N(C)C)cc2)n(-c2ccc3ccccc3n2)n1. The Bertz CT molecular complexity index is 1150. The summed E-state index contributed by atoms with van der Waals surface area (Å²) in [5.74, 6) is 1.05. The lowest BCUT2D eigenvalue weighted by molar-refractivity contribution is 0.102. The molecule has 6 nitrogen and oxygen atoms in total. The van der Waals surface area contributed by atoms with Crippen LogP contribution in [0.4, 0.5) is 11.5 Å². The van der Waals surface area contributed by atoms with Gasteiger partial charge in [0.15, 0.2) is 5.82 Å². The highest BCUT2D eigenvalue weighted by atomic mass is 16.1. The van der Waals surface area contributed by atoms with Crippen molar-refractivity contribution in [2.75, 3.05) is 24.3 Å². The predicted octanol–water partition coefficient (Wildman–Crippen LogP) is 4.05. The van der Waals surface area contributed by atoms with E-state index in [1.54, 1.807) is 4.68 Å². The van der Waals surface area contributed by atoms with Gasteiger partial charge in [0.05, 0.1) is 11.2 Å². The Morgan fingerprint density at radius 1 is 1.00 bits per heavy atom. The maximum atomic E-state index is 12.7. The Hall–Kier alpha value is -3.67. The fraction of sp³-hybridized carbons (Fsp3) is 0.136. The molecule has 0 fully saturated rings. The molecule has 6 heteroatoms. The number of rotatable bonds is 4. The number of pyridine rings is 1. The minimum absolute atomic E-state index is 0.188. The summed E-state index contributed by atoms with van der Waals surface area (Å²) in [6.07, 6.45) is 0. The number of benzene rings is 2. The number of fused-ring (bicyclic) bond motifs is 1. The average Bonchev–Trinajstić information content (AvgIpc) is 3.07. The van der Waals surface area contributed by atoms with E-state index in [1.807, 2.05) is 92.6 Å². The van der Waals surface area contributed by atoms with Gasteiger partial charge in [0.25, 0.3) is 5.91 Å². The lowest BCUT2D eigenvalue weighted by Crippen LogP contribution is -2.16. The number of aromatic nitrogens is 3. The molecule has 2 aromatic heterocycles. The second kappa shape index (κ2) is 7.15. The summed E-state index contributed by atoms with van der Waals surface area (Å²) in [5, 5.41) is 8.51. The van der Waals surface area contributed by atoms with Crippen LogP contribution in [0.1, 0.15) is 16.1 Å².